The number of likely N-dealkylation sites (N-methyl/N-ethyl adjacent to an activating group) is 1. The maximum Gasteiger partial charge on any atom is 0.240 e. The van der Waals surface area contributed by atoms with Crippen molar-refractivity contribution in [3.05, 3.63) is 0 Å². The molecule has 17 heavy (non-hydrogen) atoms. The lowest BCUT2D eigenvalue weighted by atomic mass is 9.86. The molecule has 3 heterocycles. The molecule has 3 aliphatic heterocycles. The third-order valence-corrected chi connectivity index (χ3v) is 4.01. The van der Waals surface area contributed by atoms with E-state index in [2.05, 4.69) is 30.6 Å². The summed E-state index contributed by atoms with van der Waals surface area (Å²) >= 11 is 0. The van der Waals surface area contributed by atoms with Gasteiger partial charge in [0.25, 0.3) is 0 Å². The molecule has 3 rings (SSSR count). The summed E-state index contributed by atoms with van der Waals surface area (Å²) in [5.74, 6) is 0.665. The summed E-state index contributed by atoms with van der Waals surface area (Å²) < 4.78 is 0. The average Bonchev–Trinajstić information content (AvgIpc) is 2.28. The zero-order chi connectivity index (χ0) is 12.6. The first-order chi connectivity index (χ1) is 8.02. The summed E-state index contributed by atoms with van der Waals surface area (Å²) in [6.07, 6.45) is 1.98. The molecule has 3 atom stereocenters. The molecule has 0 aromatic carbocycles. The standard InChI is InChI=1S/C13H25N3O/c1-4-15-7-10-6-11(8-15)16(10)13(17)12(14)5-9(2)3/h9-12H,4-8,14H2,1-3H3. The fourth-order valence-corrected chi connectivity index (χ4v) is 3.12. The van der Waals surface area contributed by atoms with Crippen LogP contribution in [0.15, 0.2) is 0 Å². The molecule has 0 radical (unpaired) electrons. The largest absolute Gasteiger partial charge is 0.333 e. The molecule has 4 nitrogen and oxygen atoms in total. The fraction of sp³-hybridized carbons (Fsp3) is 0.923. The number of carbonyl (C=O) groups excluding carboxylic acids is 1. The molecule has 2 N–H and O–H groups in total. The van der Waals surface area contributed by atoms with E-state index in [-0.39, 0.29) is 11.9 Å². The maximum absolute atomic E-state index is 12.3. The average molecular weight is 239 g/mol. The van der Waals surface area contributed by atoms with E-state index in [0.29, 0.717) is 18.0 Å². The first-order valence-corrected chi connectivity index (χ1v) is 6.83. The minimum atomic E-state index is -0.298. The van der Waals surface area contributed by atoms with Crippen LogP contribution < -0.4 is 5.73 Å². The van der Waals surface area contributed by atoms with Crippen LogP contribution in [-0.4, -0.2) is 53.5 Å². The van der Waals surface area contributed by atoms with Crippen LogP contribution in [0.1, 0.15) is 33.6 Å². The number of piperidine rings is 1. The number of piperazine rings is 1. The van der Waals surface area contributed by atoms with Gasteiger partial charge in [-0.1, -0.05) is 20.8 Å². The van der Waals surface area contributed by atoms with Crippen molar-refractivity contribution >= 4 is 5.91 Å². The highest BCUT2D eigenvalue weighted by Crippen LogP contribution is 2.32. The van der Waals surface area contributed by atoms with Crippen LogP contribution in [0.25, 0.3) is 0 Å². The Labute approximate surface area is 104 Å². The molecule has 0 spiro atoms. The summed E-state index contributed by atoms with van der Waals surface area (Å²) in [4.78, 5) is 16.7. The van der Waals surface area contributed by atoms with Crippen LogP contribution in [0, 0.1) is 5.92 Å². The molecule has 2 bridgehead atoms. The number of fused-ring (bicyclic) bond motifs is 2. The van der Waals surface area contributed by atoms with Crippen molar-refractivity contribution in [3.8, 4) is 0 Å². The molecule has 3 fully saturated rings. The molecule has 0 aromatic heterocycles. The highest BCUT2D eigenvalue weighted by Gasteiger charge is 2.47. The lowest BCUT2D eigenvalue weighted by molar-refractivity contribution is -0.155. The van der Waals surface area contributed by atoms with Crippen molar-refractivity contribution in [3.63, 3.8) is 0 Å². The third-order valence-electron chi connectivity index (χ3n) is 4.01. The van der Waals surface area contributed by atoms with Crippen molar-refractivity contribution in [2.24, 2.45) is 11.7 Å². The Kier molecular flexibility index (Phi) is 3.73. The van der Waals surface area contributed by atoms with E-state index in [1.54, 1.807) is 0 Å². The van der Waals surface area contributed by atoms with Gasteiger partial charge < -0.3 is 10.6 Å². The van der Waals surface area contributed by atoms with Crippen LogP contribution >= 0.6 is 0 Å². The second kappa shape index (κ2) is 4.94. The molecule has 0 saturated carbocycles. The van der Waals surface area contributed by atoms with E-state index >= 15 is 0 Å². The second-order valence-corrected chi connectivity index (χ2v) is 5.88. The Morgan fingerprint density at radius 2 is 1.94 bits per heavy atom. The SMILES string of the molecule is CCN1CC2CC(C1)N2C(=O)C(N)CC(C)C. The van der Waals surface area contributed by atoms with Crippen LogP contribution in [0.2, 0.25) is 0 Å². The zero-order valence-electron chi connectivity index (χ0n) is 11.2. The van der Waals surface area contributed by atoms with Gasteiger partial charge in [0.05, 0.1) is 6.04 Å². The van der Waals surface area contributed by atoms with Crippen LogP contribution in [0.4, 0.5) is 0 Å². The van der Waals surface area contributed by atoms with Crippen LogP contribution in [0.3, 0.4) is 0 Å². The molecule has 3 aliphatic rings. The van der Waals surface area contributed by atoms with E-state index in [1.165, 1.54) is 6.42 Å². The molecule has 0 aromatic rings. The van der Waals surface area contributed by atoms with Gasteiger partial charge in [-0.3, -0.25) is 9.69 Å². The van der Waals surface area contributed by atoms with E-state index < -0.39 is 0 Å². The minimum Gasteiger partial charge on any atom is -0.333 e. The van der Waals surface area contributed by atoms with Crippen molar-refractivity contribution in [1.82, 2.24) is 9.80 Å². The van der Waals surface area contributed by atoms with Gasteiger partial charge in [-0.2, -0.15) is 0 Å². The van der Waals surface area contributed by atoms with Gasteiger partial charge >= 0.3 is 0 Å². The third kappa shape index (κ3) is 2.47. The molecule has 3 unspecified atom stereocenters. The first kappa shape index (κ1) is 12.8. The molecular formula is C13H25N3O. The van der Waals surface area contributed by atoms with Crippen molar-refractivity contribution in [1.29, 1.82) is 0 Å². The Morgan fingerprint density at radius 1 is 1.35 bits per heavy atom. The van der Waals surface area contributed by atoms with E-state index in [0.717, 1.165) is 26.1 Å². The van der Waals surface area contributed by atoms with E-state index in [1.807, 2.05) is 0 Å². The van der Waals surface area contributed by atoms with Gasteiger partial charge in [0, 0.05) is 25.2 Å². The Hall–Kier alpha value is -0.610. The second-order valence-electron chi connectivity index (χ2n) is 5.88. The van der Waals surface area contributed by atoms with Gasteiger partial charge in [-0.25, -0.2) is 0 Å². The lowest BCUT2D eigenvalue weighted by Gasteiger charge is -2.56. The van der Waals surface area contributed by atoms with Gasteiger partial charge in [0.1, 0.15) is 0 Å². The molecule has 4 heteroatoms. The zero-order valence-corrected chi connectivity index (χ0v) is 11.2. The lowest BCUT2D eigenvalue weighted by Crippen LogP contribution is -2.71. The Balaban J connectivity index is 1.90. The number of rotatable bonds is 4. The van der Waals surface area contributed by atoms with Crippen molar-refractivity contribution in [2.75, 3.05) is 19.6 Å². The Bertz CT molecular complexity index is 280. The van der Waals surface area contributed by atoms with Crippen molar-refractivity contribution in [2.45, 2.75) is 51.7 Å². The summed E-state index contributed by atoms with van der Waals surface area (Å²) in [7, 11) is 0. The van der Waals surface area contributed by atoms with Gasteiger partial charge in [-0.15, -0.1) is 0 Å². The quantitative estimate of drug-likeness (QED) is 0.784. The topological polar surface area (TPSA) is 49.6 Å². The number of carbonyl (C=O) groups is 1. The first-order valence-electron chi connectivity index (χ1n) is 6.83. The van der Waals surface area contributed by atoms with Crippen molar-refractivity contribution < 1.29 is 4.79 Å². The monoisotopic (exact) mass is 239 g/mol. The number of hydrogen-bond acceptors (Lipinski definition) is 3. The predicted molar refractivity (Wildman–Crippen MR) is 68.6 cm³/mol. The van der Waals surface area contributed by atoms with Crippen LogP contribution in [-0.2, 0) is 4.79 Å². The predicted octanol–water partition coefficient (Wildman–Crippen LogP) is 0.665. The van der Waals surface area contributed by atoms with E-state index in [9.17, 15) is 4.79 Å². The number of hydrogen-bond donors (Lipinski definition) is 1. The summed E-state index contributed by atoms with van der Waals surface area (Å²) in [5.41, 5.74) is 5.99. The van der Waals surface area contributed by atoms with Gasteiger partial charge in [0.15, 0.2) is 0 Å². The normalized spacial score (nSPS) is 30.3. The summed E-state index contributed by atoms with van der Waals surface area (Å²) in [6.45, 7) is 9.57. The van der Waals surface area contributed by atoms with E-state index in [4.69, 9.17) is 5.73 Å². The minimum absolute atomic E-state index is 0.177. The van der Waals surface area contributed by atoms with Crippen LogP contribution in [0.5, 0.6) is 0 Å². The van der Waals surface area contributed by atoms with Gasteiger partial charge in [0.2, 0.25) is 5.91 Å². The summed E-state index contributed by atoms with van der Waals surface area (Å²) in [5, 5.41) is 0. The molecule has 98 valence electrons. The molecular weight excluding hydrogens is 214 g/mol. The maximum atomic E-state index is 12.3. The number of nitrogens with two attached hydrogens (primary N) is 1. The van der Waals surface area contributed by atoms with Gasteiger partial charge in [-0.05, 0) is 25.3 Å². The smallest absolute Gasteiger partial charge is 0.240 e. The highest BCUT2D eigenvalue weighted by atomic mass is 16.2. The summed E-state index contributed by atoms with van der Waals surface area (Å²) in [6, 6.07) is 0.562. The molecule has 3 saturated heterocycles. The highest BCUT2D eigenvalue weighted by molar-refractivity contribution is 5.83. The molecule has 1 amide bonds. The number of amides is 1. The Morgan fingerprint density at radius 3 is 2.41 bits per heavy atom. The number of nitrogens with zero attached hydrogens (tertiary/aromatic N) is 2. The molecule has 0 aliphatic carbocycles. The fourth-order valence-electron chi connectivity index (χ4n) is 3.12.